The van der Waals surface area contributed by atoms with Crippen LogP contribution in [-0.2, 0) is 14.3 Å². The number of aliphatic hydroxyl groups excluding tert-OH is 1. The van der Waals surface area contributed by atoms with Crippen molar-refractivity contribution in [3.8, 4) is 0 Å². The van der Waals surface area contributed by atoms with Gasteiger partial charge in [-0.1, -0.05) is 40.5 Å². The number of carbonyl (C=O) groups excluding carboxylic acids is 2. The van der Waals surface area contributed by atoms with Gasteiger partial charge in [0, 0.05) is 12.3 Å². The molecule has 4 saturated carbocycles. The molecule has 9 atom stereocenters. The molecule has 0 amide bonds. The Morgan fingerprint density at radius 2 is 1.90 bits per heavy atom. The lowest BCUT2D eigenvalue weighted by Gasteiger charge is -2.63. The number of aliphatic hydroxyl groups is 1. The highest BCUT2D eigenvalue weighted by molar-refractivity contribution is 5.91. The Hall–Kier alpha value is -0.900. The number of methoxy groups -OCH3 is 1. The number of Topliss-reactive ketones (excluding diaryl/α,β-unsaturated/α-hetero) is 1. The summed E-state index contributed by atoms with van der Waals surface area (Å²) in [5, 5.41) is 10.5. The van der Waals surface area contributed by atoms with E-state index in [0.717, 1.165) is 31.6 Å². The summed E-state index contributed by atoms with van der Waals surface area (Å²) in [5.41, 5.74) is -0.855. The maximum atomic E-state index is 13.8. The first-order valence-electron chi connectivity index (χ1n) is 12.4. The molecule has 0 aromatic carbocycles. The van der Waals surface area contributed by atoms with Gasteiger partial charge in [0.15, 0.2) is 0 Å². The van der Waals surface area contributed by atoms with Crippen molar-refractivity contribution in [3.63, 3.8) is 0 Å². The third-order valence-corrected chi connectivity index (χ3v) is 10.7. The van der Waals surface area contributed by atoms with Crippen LogP contribution in [0.4, 0.5) is 0 Å². The fraction of sp³-hybridized carbons (Fsp3) is 0.923. The molecule has 4 rings (SSSR count). The number of hydrogen-bond donors (Lipinski definition) is 1. The molecule has 4 fully saturated rings. The molecule has 1 N–H and O–H groups in total. The predicted octanol–water partition coefficient (Wildman–Crippen LogP) is 5.16. The summed E-state index contributed by atoms with van der Waals surface area (Å²) in [6.07, 6.45) is 8.77. The Morgan fingerprint density at radius 3 is 2.57 bits per heavy atom. The molecule has 4 aliphatic rings. The number of hydrogen-bond acceptors (Lipinski definition) is 4. The third-order valence-electron chi connectivity index (χ3n) is 10.7. The molecule has 170 valence electrons. The molecule has 0 spiro atoms. The van der Waals surface area contributed by atoms with Gasteiger partial charge < -0.3 is 9.84 Å². The monoisotopic (exact) mass is 418 g/mol. The number of rotatable bonds is 4. The lowest BCUT2D eigenvalue weighted by molar-refractivity contribution is -0.204. The topological polar surface area (TPSA) is 63.6 Å². The first-order valence-corrected chi connectivity index (χ1v) is 12.4. The maximum Gasteiger partial charge on any atom is 0.312 e. The van der Waals surface area contributed by atoms with Crippen molar-refractivity contribution in [1.29, 1.82) is 0 Å². The molecular formula is C26H42O4. The van der Waals surface area contributed by atoms with Crippen molar-refractivity contribution in [2.24, 2.45) is 45.8 Å². The van der Waals surface area contributed by atoms with Gasteiger partial charge in [0.25, 0.3) is 0 Å². The highest BCUT2D eigenvalue weighted by Crippen LogP contribution is 2.70. The average Bonchev–Trinajstić information content (AvgIpc) is 3.06. The lowest BCUT2D eigenvalue weighted by Crippen LogP contribution is -2.64. The van der Waals surface area contributed by atoms with E-state index >= 15 is 0 Å². The van der Waals surface area contributed by atoms with E-state index in [1.54, 1.807) is 0 Å². The summed E-state index contributed by atoms with van der Waals surface area (Å²) >= 11 is 0. The van der Waals surface area contributed by atoms with E-state index < -0.39 is 11.5 Å². The fourth-order valence-electron chi connectivity index (χ4n) is 9.19. The van der Waals surface area contributed by atoms with Crippen molar-refractivity contribution in [3.05, 3.63) is 0 Å². The molecule has 1 unspecified atom stereocenters. The fourth-order valence-corrected chi connectivity index (χ4v) is 9.19. The maximum absolute atomic E-state index is 13.8. The highest BCUT2D eigenvalue weighted by atomic mass is 16.5. The van der Waals surface area contributed by atoms with Crippen molar-refractivity contribution < 1.29 is 19.4 Å². The van der Waals surface area contributed by atoms with Gasteiger partial charge in [-0.2, -0.15) is 0 Å². The average molecular weight is 419 g/mol. The second-order valence-electron chi connectivity index (χ2n) is 11.8. The summed E-state index contributed by atoms with van der Waals surface area (Å²) in [6.45, 7) is 9.41. The van der Waals surface area contributed by atoms with Crippen molar-refractivity contribution in [2.75, 3.05) is 7.11 Å². The number of esters is 1. The normalized spacial score (nSPS) is 49.0. The quantitative estimate of drug-likeness (QED) is 0.640. The molecule has 30 heavy (non-hydrogen) atoms. The van der Waals surface area contributed by atoms with E-state index in [0.29, 0.717) is 18.3 Å². The number of carbonyl (C=O) groups is 2. The number of fused-ring (bicyclic) bond motifs is 5. The van der Waals surface area contributed by atoms with Crippen LogP contribution >= 0.6 is 0 Å². The van der Waals surface area contributed by atoms with Gasteiger partial charge >= 0.3 is 5.97 Å². The zero-order valence-electron chi connectivity index (χ0n) is 19.7. The summed E-state index contributed by atoms with van der Waals surface area (Å²) in [7, 11) is 1.43. The zero-order chi connectivity index (χ0) is 21.9. The van der Waals surface area contributed by atoms with E-state index in [9.17, 15) is 14.7 Å². The molecule has 0 heterocycles. The van der Waals surface area contributed by atoms with Crippen LogP contribution in [-0.4, -0.2) is 30.1 Å². The molecule has 4 heteroatoms. The zero-order valence-corrected chi connectivity index (χ0v) is 19.7. The molecule has 4 nitrogen and oxygen atoms in total. The first kappa shape index (κ1) is 22.3. The molecule has 4 aliphatic carbocycles. The van der Waals surface area contributed by atoms with Gasteiger partial charge in [-0.05, 0) is 79.4 Å². The Balaban J connectivity index is 1.71. The van der Waals surface area contributed by atoms with Gasteiger partial charge in [0.2, 0.25) is 0 Å². The Morgan fingerprint density at radius 1 is 1.17 bits per heavy atom. The first-order chi connectivity index (χ1) is 14.1. The molecule has 0 radical (unpaired) electrons. The van der Waals surface area contributed by atoms with Crippen LogP contribution in [0.2, 0.25) is 0 Å². The van der Waals surface area contributed by atoms with E-state index in [4.69, 9.17) is 4.74 Å². The van der Waals surface area contributed by atoms with Gasteiger partial charge in [0.1, 0.15) is 5.78 Å². The van der Waals surface area contributed by atoms with Crippen LogP contribution in [0.3, 0.4) is 0 Å². The minimum Gasteiger partial charge on any atom is -0.469 e. The smallest absolute Gasteiger partial charge is 0.312 e. The van der Waals surface area contributed by atoms with Crippen LogP contribution in [0, 0.1) is 45.8 Å². The van der Waals surface area contributed by atoms with Crippen LogP contribution in [0.25, 0.3) is 0 Å². The summed E-state index contributed by atoms with van der Waals surface area (Å²) in [5.74, 6) is 2.21. The van der Waals surface area contributed by atoms with Crippen molar-refractivity contribution >= 4 is 11.8 Å². The lowest BCUT2D eigenvalue weighted by atomic mass is 9.39. The van der Waals surface area contributed by atoms with Crippen LogP contribution in [0.5, 0.6) is 0 Å². The Kier molecular flexibility index (Phi) is 5.65. The second kappa shape index (κ2) is 7.60. The molecule has 0 saturated heterocycles. The van der Waals surface area contributed by atoms with Gasteiger partial charge in [-0.3, -0.25) is 9.59 Å². The predicted molar refractivity (Wildman–Crippen MR) is 117 cm³/mol. The van der Waals surface area contributed by atoms with E-state index in [-0.39, 0.29) is 40.8 Å². The van der Waals surface area contributed by atoms with Crippen molar-refractivity contribution in [2.45, 2.75) is 98.0 Å². The molecule has 0 bridgehead atoms. The minimum atomic E-state index is -0.848. The highest BCUT2D eigenvalue weighted by Gasteiger charge is 2.70. The Labute approximate surface area is 182 Å². The molecule has 0 aromatic rings. The minimum absolute atomic E-state index is 0.0839. The largest absolute Gasteiger partial charge is 0.469 e. The molecule has 0 aromatic heterocycles. The third kappa shape index (κ3) is 2.88. The Bertz CT molecular complexity index is 703. The van der Waals surface area contributed by atoms with Gasteiger partial charge in [0.05, 0.1) is 18.6 Å². The number of ketones is 1. The second-order valence-corrected chi connectivity index (χ2v) is 11.8. The molecular weight excluding hydrogens is 376 g/mol. The van der Waals surface area contributed by atoms with Gasteiger partial charge in [-0.15, -0.1) is 0 Å². The van der Waals surface area contributed by atoms with Crippen LogP contribution in [0.1, 0.15) is 91.9 Å². The summed E-state index contributed by atoms with van der Waals surface area (Å²) < 4.78 is 5.27. The van der Waals surface area contributed by atoms with Gasteiger partial charge in [-0.25, -0.2) is 0 Å². The van der Waals surface area contributed by atoms with Crippen LogP contribution < -0.4 is 0 Å². The summed E-state index contributed by atoms with van der Waals surface area (Å²) in [4.78, 5) is 26.9. The van der Waals surface area contributed by atoms with Crippen LogP contribution in [0.15, 0.2) is 0 Å². The standard InChI is InChI=1S/C26H42O4/c1-6-7-16(2)18-8-9-19-22-20(11-12-24(18,19)3)25(4)13-10-17(27)14-26(25,15-21(22)28)23(29)30-5/h16-20,22,27H,6-15H2,1-5H3/t16-,17-,18-,19+,20+,22+,24-,25-,26?/m1/s1. The molecule has 0 aliphatic heterocycles. The van der Waals surface area contributed by atoms with E-state index in [2.05, 4.69) is 27.7 Å². The number of ether oxygens (including phenoxy) is 1. The SMILES string of the molecule is CCC[C@@H](C)[C@H]1CC[C@H]2[C@@H]3C(=O)CC4(C(=O)OC)C[C@H](O)CC[C@]4(C)[C@H]3CC[C@]12C. The summed E-state index contributed by atoms with van der Waals surface area (Å²) in [6, 6.07) is 0. The van der Waals surface area contributed by atoms with E-state index in [1.807, 2.05) is 0 Å². The van der Waals surface area contributed by atoms with Crippen molar-refractivity contribution in [1.82, 2.24) is 0 Å². The van der Waals surface area contributed by atoms with E-state index in [1.165, 1.54) is 32.8 Å².